The van der Waals surface area contributed by atoms with Crippen molar-refractivity contribution >= 4 is 45.1 Å². The van der Waals surface area contributed by atoms with Crippen LogP contribution in [-0.4, -0.2) is 43.7 Å². The van der Waals surface area contributed by atoms with E-state index in [2.05, 4.69) is 5.32 Å². The third-order valence-corrected chi connectivity index (χ3v) is 6.05. The highest BCUT2D eigenvalue weighted by Crippen LogP contribution is 2.30. The van der Waals surface area contributed by atoms with Gasteiger partial charge in [-0.2, -0.15) is 0 Å². The molecule has 10 heteroatoms. The number of sulfonamides is 1. The molecule has 0 atom stereocenters. The SMILES string of the molecule is CCOC(=O)c1ccc(NC(=O)CN2C(=O)c3ccccc3S2(=O)=O)c(Cl)c1. The number of benzene rings is 2. The lowest BCUT2D eigenvalue weighted by atomic mass is 10.2. The van der Waals surface area contributed by atoms with E-state index in [9.17, 15) is 22.8 Å². The van der Waals surface area contributed by atoms with E-state index in [1.54, 1.807) is 13.0 Å². The standard InChI is InChI=1S/C18H15ClN2O6S/c1-2-27-18(24)11-7-8-14(13(19)9-11)20-16(22)10-21-17(23)12-5-3-4-6-15(12)28(21,25)26/h3-9H,2,10H2,1H3,(H,20,22). The van der Waals surface area contributed by atoms with Crippen LogP contribution in [0.25, 0.3) is 0 Å². The second-order valence-corrected chi connectivity index (χ2v) is 8.01. The van der Waals surface area contributed by atoms with Crippen LogP contribution < -0.4 is 5.32 Å². The molecule has 0 aliphatic carbocycles. The summed E-state index contributed by atoms with van der Waals surface area (Å²) in [5, 5.41) is 2.51. The largest absolute Gasteiger partial charge is 0.462 e. The Kier molecular flexibility index (Phi) is 5.39. The minimum atomic E-state index is -4.09. The van der Waals surface area contributed by atoms with Crippen molar-refractivity contribution in [3.05, 3.63) is 58.6 Å². The average molecular weight is 423 g/mol. The van der Waals surface area contributed by atoms with Crippen molar-refractivity contribution in [2.45, 2.75) is 11.8 Å². The number of amides is 2. The summed E-state index contributed by atoms with van der Waals surface area (Å²) in [5.74, 6) is -2.08. The van der Waals surface area contributed by atoms with Crippen molar-refractivity contribution in [1.29, 1.82) is 0 Å². The third-order valence-electron chi connectivity index (χ3n) is 3.95. The molecule has 0 spiro atoms. The summed E-state index contributed by atoms with van der Waals surface area (Å²) in [5.41, 5.74) is 0.394. The van der Waals surface area contributed by atoms with E-state index in [1.165, 1.54) is 36.4 Å². The van der Waals surface area contributed by atoms with Gasteiger partial charge >= 0.3 is 5.97 Å². The van der Waals surface area contributed by atoms with Gasteiger partial charge in [-0.3, -0.25) is 9.59 Å². The van der Waals surface area contributed by atoms with Crippen molar-refractivity contribution in [1.82, 2.24) is 4.31 Å². The lowest BCUT2D eigenvalue weighted by molar-refractivity contribution is -0.116. The monoisotopic (exact) mass is 422 g/mol. The van der Waals surface area contributed by atoms with Gasteiger partial charge in [-0.25, -0.2) is 17.5 Å². The molecule has 146 valence electrons. The topological polar surface area (TPSA) is 110 Å². The van der Waals surface area contributed by atoms with E-state index in [-0.39, 0.29) is 33.3 Å². The zero-order chi connectivity index (χ0) is 20.5. The molecule has 1 N–H and O–H groups in total. The van der Waals surface area contributed by atoms with E-state index in [4.69, 9.17) is 16.3 Å². The van der Waals surface area contributed by atoms with Gasteiger partial charge in [-0.05, 0) is 37.3 Å². The summed E-state index contributed by atoms with van der Waals surface area (Å²) in [6, 6.07) is 9.86. The molecule has 0 saturated heterocycles. The fourth-order valence-corrected chi connectivity index (χ4v) is 4.42. The van der Waals surface area contributed by atoms with E-state index in [0.29, 0.717) is 4.31 Å². The lowest BCUT2D eigenvalue weighted by Crippen LogP contribution is -2.37. The van der Waals surface area contributed by atoms with Crippen molar-refractivity contribution in [2.75, 3.05) is 18.5 Å². The molecule has 0 saturated carbocycles. The van der Waals surface area contributed by atoms with Gasteiger partial charge in [0.05, 0.1) is 28.4 Å². The predicted molar refractivity (Wildman–Crippen MR) is 101 cm³/mol. The maximum Gasteiger partial charge on any atom is 0.338 e. The number of ether oxygens (including phenoxy) is 1. The Morgan fingerprint density at radius 1 is 1.18 bits per heavy atom. The van der Waals surface area contributed by atoms with Crippen molar-refractivity contribution in [3.63, 3.8) is 0 Å². The van der Waals surface area contributed by atoms with Crippen LogP contribution in [0.3, 0.4) is 0 Å². The third kappa shape index (κ3) is 3.58. The quantitative estimate of drug-likeness (QED) is 0.740. The summed E-state index contributed by atoms with van der Waals surface area (Å²) in [6.45, 7) is 1.17. The molecule has 1 heterocycles. The summed E-state index contributed by atoms with van der Waals surface area (Å²) in [6.07, 6.45) is 0. The molecule has 0 aromatic heterocycles. The number of nitrogens with zero attached hydrogens (tertiary/aromatic N) is 1. The van der Waals surface area contributed by atoms with Crippen molar-refractivity contribution in [3.8, 4) is 0 Å². The van der Waals surface area contributed by atoms with Gasteiger partial charge in [0.1, 0.15) is 11.4 Å². The van der Waals surface area contributed by atoms with Gasteiger partial charge < -0.3 is 10.1 Å². The van der Waals surface area contributed by atoms with Crippen LogP contribution in [0.2, 0.25) is 5.02 Å². The molecule has 8 nitrogen and oxygen atoms in total. The van der Waals surface area contributed by atoms with Crippen LogP contribution in [0.5, 0.6) is 0 Å². The maximum atomic E-state index is 12.5. The lowest BCUT2D eigenvalue weighted by Gasteiger charge is -2.15. The number of hydrogen-bond donors (Lipinski definition) is 1. The number of anilines is 1. The van der Waals surface area contributed by atoms with E-state index in [0.717, 1.165) is 0 Å². The number of esters is 1. The number of hydrogen-bond acceptors (Lipinski definition) is 6. The fourth-order valence-electron chi connectivity index (χ4n) is 2.67. The zero-order valence-electron chi connectivity index (χ0n) is 14.6. The Hall–Kier alpha value is -2.91. The Morgan fingerprint density at radius 2 is 1.89 bits per heavy atom. The minimum Gasteiger partial charge on any atom is -0.462 e. The minimum absolute atomic E-state index is 0.0205. The smallest absolute Gasteiger partial charge is 0.338 e. The second-order valence-electron chi connectivity index (χ2n) is 5.78. The Morgan fingerprint density at radius 3 is 2.54 bits per heavy atom. The average Bonchev–Trinajstić information content (AvgIpc) is 2.85. The van der Waals surface area contributed by atoms with Gasteiger partial charge in [-0.1, -0.05) is 23.7 Å². The van der Waals surface area contributed by atoms with Crippen LogP contribution in [0.1, 0.15) is 27.6 Å². The van der Waals surface area contributed by atoms with Crippen LogP contribution in [0.4, 0.5) is 5.69 Å². The summed E-state index contributed by atoms with van der Waals surface area (Å²) < 4.78 is 30.3. The molecule has 3 rings (SSSR count). The van der Waals surface area contributed by atoms with Crippen LogP contribution in [0, 0.1) is 0 Å². The first-order chi connectivity index (χ1) is 13.3. The second kappa shape index (κ2) is 7.61. The Labute approximate surface area is 166 Å². The molecule has 1 aliphatic rings. The van der Waals surface area contributed by atoms with Gasteiger partial charge in [0, 0.05) is 0 Å². The number of halogens is 1. The molecular weight excluding hydrogens is 408 g/mol. The first-order valence-electron chi connectivity index (χ1n) is 8.18. The molecule has 0 fully saturated rings. The highest BCUT2D eigenvalue weighted by atomic mass is 35.5. The van der Waals surface area contributed by atoms with Gasteiger partial charge in [0.15, 0.2) is 0 Å². The number of nitrogens with one attached hydrogen (secondary N) is 1. The first-order valence-corrected chi connectivity index (χ1v) is 10.00. The Bertz CT molecular complexity index is 1080. The van der Waals surface area contributed by atoms with Crippen LogP contribution in [-0.2, 0) is 19.6 Å². The van der Waals surface area contributed by atoms with E-state index < -0.39 is 34.4 Å². The number of carbonyl (C=O) groups is 3. The molecule has 0 radical (unpaired) electrons. The van der Waals surface area contributed by atoms with Crippen molar-refractivity contribution < 1.29 is 27.5 Å². The highest BCUT2D eigenvalue weighted by molar-refractivity contribution is 7.90. The molecular formula is C18H15ClN2O6S. The van der Waals surface area contributed by atoms with Crippen LogP contribution in [0.15, 0.2) is 47.4 Å². The zero-order valence-corrected chi connectivity index (χ0v) is 16.2. The summed E-state index contributed by atoms with van der Waals surface area (Å²) in [7, 11) is -4.09. The van der Waals surface area contributed by atoms with Crippen molar-refractivity contribution in [2.24, 2.45) is 0 Å². The van der Waals surface area contributed by atoms with E-state index in [1.807, 2.05) is 0 Å². The molecule has 0 bridgehead atoms. The molecule has 2 aromatic carbocycles. The normalized spacial score (nSPS) is 14.5. The predicted octanol–water partition coefficient (Wildman–Crippen LogP) is 2.30. The summed E-state index contributed by atoms with van der Waals surface area (Å²) in [4.78, 5) is 36.2. The van der Waals surface area contributed by atoms with Gasteiger partial charge in [0.2, 0.25) is 5.91 Å². The number of fused-ring (bicyclic) bond motifs is 1. The Balaban J connectivity index is 1.75. The van der Waals surface area contributed by atoms with Gasteiger partial charge in [-0.15, -0.1) is 0 Å². The molecule has 28 heavy (non-hydrogen) atoms. The highest BCUT2D eigenvalue weighted by Gasteiger charge is 2.41. The maximum absolute atomic E-state index is 12.5. The number of rotatable bonds is 5. The summed E-state index contributed by atoms with van der Waals surface area (Å²) >= 11 is 6.07. The van der Waals surface area contributed by atoms with Gasteiger partial charge in [0.25, 0.3) is 15.9 Å². The van der Waals surface area contributed by atoms with E-state index >= 15 is 0 Å². The first kappa shape index (κ1) is 19.8. The fraction of sp³-hybridized carbons (Fsp3) is 0.167. The number of carbonyl (C=O) groups excluding carboxylic acids is 3. The molecule has 1 aliphatic heterocycles. The molecule has 2 amide bonds. The molecule has 2 aromatic rings. The molecule has 0 unspecified atom stereocenters. The van der Waals surface area contributed by atoms with Crippen LogP contribution >= 0.6 is 11.6 Å².